The van der Waals surface area contributed by atoms with E-state index >= 15 is 0 Å². The monoisotopic (exact) mass is 282 g/mol. The standard InChI is InChI=1S/C15H22O5/c1-12(2)4-6-7(9(12)17)13(3)14(5-19-14)10(18)11-15(13,20-11)8(6)16/h6-11,16-18H,4-5H2,1-3H3/t6-,7-,8-,9+,10-,11+,13+,14-,15+/m0/s1. The summed E-state index contributed by atoms with van der Waals surface area (Å²) in [5.41, 5.74) is -2.02. The number of aliphatic hydroxyl groups is 3. The molecule has 0 aromatic rings. The number of ether oxygens (including phenoxy) is 2. The summed E-state index contributed by atoms with van der Waals surface area (Å²) in [7, 11) is 0. The molecule has 5 fully saturated rings. The van der Waals surface area contributed by atoms with Gasteiger partial charge in [-0.1, -0.05) is 20.8 Å². The molecule has 2 spiro atoms. The number of aliphatic hydroxyl groups excluding tert-OH is 3. The Morgan fingerprint density at radius 2 is 1.65 bits per heavy atom. The molecule has 0 unspecified atom stereocenters. The van der Waals surface area contributed by atoms with Crippen molar-refractivity contribution in [1.29, 1.82) is 0 Å². The zero-order valence-electron chi connectivity index (χ0n) is 12.0. The smallest absolute Gasteiger partial charge is 0.132 e. The third kappa shape index (κ3) is 0.852. The fourth-order valence-corrected chi connectivity index (χ4v) is 6.36. The first kappa shape index (κ1) is 12.4. The van der Waals surface area contributed by atoms with E-state index in [1.807, 2.05) is 0 Å². The van der Waals surface area contributed by atoms with Crippen LogP contribution in [-0.4, -0.2) is 57.5 Å². The van der Waals surface area contributed by atoms with E-state index in [9.17, 15) is 15.3 Å². The molecule has 2 aliphatic heterocycles. The Morgan fingerprint density at radius 1 is 1.00 bits per heavy atom. The van der Waals surface area contributed by atoms with Crippen LogP contribution in [-0.2, 0) is 9.47 Å². The molecule has 20 heavy (non-hydrogen) atoms. The van der Waals surface area contributed by atoms with E-state index in [0.29, 0.717) is 6.61 Å². The van der Waals surface area contributed by atoms with E-state index < -0.39 is 34.9 Å². The topological polar surface area (TPSA) is 85.8 Å². The van der Waals surface area contributed by atoms with Crippen molar-refractivity contribution in [2.75, 3.05) is 6.61 Å². The highest BCUT2D eigenvalue weighted by Gasteiger charge is 2.96. The highest BCUT2D eigenvalue weighted by atomic mass is 16.7. The fourth-order valence-electron chi connectivity index (χ4n) is 6.36. The molecule has 0 radical (unpaired) electrons. The maximum Gasteiger partial charge on any atom is 0.132 e. The van der Waals surface area contributed by atoms with Gasteiger partial charge in [-0.05, 0) is 17.8 Å². The number of rotatable bonds is 0. The molecule has 5 nitrogen and oxygen atoms in total. The first-order chi connectivity index (χ1) is 9.24. The molecule has 2 heterocycles. The van der Waals surface area contributed by atoms with Crippen LogP contribution in [0.1, 0.15) is 27.2 Å². The van der Waals surface area contributed by atoms with Crippen LogP contribution >= 0.6 is 0 Å². The fraction of sp³-hybridized carbons (Fsp3) is 1.00. The minimum Gasteiger partial charge on any atom is -0.392 e. The van der Waals surface area contributed by atoms with Crippen molar-refractivity contribution in [2.24, 2.45) is 22.7 Å². The summed E-state index contributed by atoms with van der Waals surface area (Å²) < 4.78 is 11.5. The van der Waals surface area contributed by atoms with Crippen molar-refractivity contribution in [1.82, 2.24) is 0 Å². The highest BCUT2D eigenvalue weighted by Crippen LogP contribution is 2.81. The maximum absolute atomic E-state index is 10.9. The second kappa shape index (κ2) is 2.84. The van der Waals surface area contributed by atoms with Crippen LogP contribution in [0, 0.1) is 22.7 Å². The van der Waals surface area contributed by atoms with Crippen LogP contribution in [0.4, 0.5) is 0 Å². The summed E-state index contributed by atoms with van der Waals surface area (Å²) in [6.45, 7) is 6.66. The molecule has 0 bridgehead atoms. The van der Waals surface area contributed by atoms with Gasteiger partial charge in [-0.3, -0.25) is 0 Å². The lowest BCUT2D eigenvalue weighted by atomic mass is 9.65. The van der Waals surface area contributed by atoms with Crippen molar-refractivity contribution in [2.45, 2.75) is 62.8 Å². The molecule has 5 heteroatoms. The van der Waals surface area contributed by atoms with Crippen LogP contribution in [0.3, 0.4) is 0 Å². The van der Waals surface area contributed by atoms with Gasteiger partial charge in [0.25, 0.3) is 0 Å². The first-order valence-corrected chi connectivity index (χ1v) is 7.60. The SMILES string of the molecule is CC1(C)C[C@H]2[C@@H]([C@H]1O)[C@@]1(C)[C@@]3(O[C@@H]3[C@H](O)[C@@]13CO3)[C@H]2O. The molecule has 2 saturated heterocycles. The molecular formula is C15H22O5. The molecule has 3 saturated carbocycles. The van der Waals surface area contributed by atoms with E-state index in [4.69, 9.17) is 9.47 Å². The van der Waals surface area contributed by atoms with Gasteiger partial charge in [-0.2, -0.15) is 0 Å². The molecule has 5 rings (SSSR count). The molecule has 3 aliphatic carbocycles. The Balaban J connectivity index is 1.71. The molecule has 112 valence electrons. The third-order valence-corrected chi connectivity index (χ3v) is 7.47. The van der Waals surface area contributed by atoms with E-state index in [1.165, 1.54) is 0 Å². The maximum atomic E-state index is 10.9. The number of fused-ring (bicyclic) bond motifs is 3. The second-order valence-corrected chi connectivity index (χ2v) is 8.43. The summed E-state index contributed by atoms with van der Waals surface area (Å²) in [5.74, 6) is -0.0410. The lowest BCUT2D eigenvalue weighted by Crippen LogP contribution is -2.53. The highest BCUT2D eigenvalue weighted by molar-refractivity contribution is 5.43. The van der Waals surface area contributed by atoms with E-state index in [2.05, 4.69) is 20.8 Å². The largest absolute Gasteiger partial charge is 0.392 e. The predicted octanol–water partition coefficient (Wildman–Crippen LogP) is -0.329. The summed E-state index contributed by atoms with van der Waals surface area (Å²) in [4.78, 5) is 0. The minimum absolute atomic E-state index is 0.0311. The summed E-state index contributed by atoms with van der Waals surface area (Å²) in [6.07, 6.45) is -1.33. The lowest BCUT2D eigenvalue weighted by molar-refractivity contribution is -0.0983. The van der Waals surface area contributed by atoms with Crippen LogP contribution < -0.4 is 0 Å². The van der Waals surface area contributed by atoms with Gasteiger partial charge in [0.15, 0.2) is 0 Å². The van der Waals surface area contributed by atoms with Crippen molar-refractivity contribution in [3.8, 4) is 0 Å². The van der Waals surface area contributed by atoms with Gasteiger partial charge in [-0.25, -0.2) is 0 Å². The molecule has 5 aliphatic rings. The van der Waals surface area contributed by atoms with E-state index in [0.717, 1.165) is 6.42 Å². The van der Waals surface area contributed by atoms with Gasteiger partial charge in [0.05, 0.1) is 18.8 Å². The van der Waals surface area contributed by atoms with E-state index in [-0.39, 0.29) is 23.4 Å². The molecular weight excluding hydrogens is 260 g/mol. The molecule has 0 aromatic carbocycles. The quantitative estimate of drug-likeness (QED) is 0.530. The zero-order valence-corrected chi connectivity index (χ0v) is 12.0. The second-order valence-electron chi connectivity index (χ2n) is 8.43. The molecule has 0 aromatic heterocycles. The predicted molar refractivity (Wildman–Crippen MR) is 67.8 cm³/mol. The van der Waals surface area contributed by atoms with Gasteiger partial charge in [0.1, 0.15) is 23.4 Å². The Hall–Kier alpha value is -0.200. The Labute approximate surface area is 117 Å². The Kier molecular flexibility index (Phi) is 1.75. The Morgan fingerprint density at radius 3 is 2.25 bits per heavy atom. The average Bonchev–Trinajstić information content (AvgIpc) is 3.24. The van der Waals surface area contributed by atoms with Gasteiger partial charge in [-0.15, -0.1) is 0 Å². The number of epoxide rings is 2. The van der Waals surface area contributed by atoms with E-state index in [1.54, 1.807) is 0 Å². The van der Waals surface area contributed by atoms with Crippen LogP contribution in [0.15, 0.2) is 0 Å². The van der Waals surface area contributed by atoms with Crippen molar-refractivity contribution in [3.05, 3.63) is 0 Å². The first-order valence-electron chi connectivity index (χ1n) is 7.60. The summed E-state index contributed by atoms with van der Waals surface area (Å²) >= 11 is 0. The molecule has 0 amide bonds. The van der Waals surface area contributed by atoms with Crippen LogP contribution in [0.25, 0.3) is 0 Å². The molecule has 3 N–H and O–H groups in total. The molecule has 9 atom stereocenters. The van der Waals surface area contributed by atoms with Gasteiger partial charge >= 0.3 is 0 Å². The minimum atomic E-state index is -0.699. The lowest BCUT2D eigenvalue weighted by Gasteiger charge is -2.41. The number of hydrogen-bond donors (Lipinski definition) is 3. The van der Waals surface area contributed by atoms with Gasteiger partial charge < -0.3 is 24.8 Å². The Bertz CT molecular complexity index is 514. The van der Waals surface area contributed by atoms with Gasteiger partial charge in [0.2, 0.25) is 0 Å². The van der Waals surface area contributed by atoms with Crippen molar-refractivity contribution >= 4 is 0 Å². The average molecular weight is 282 g/mol. The van der Waals surface area contributed by atoms with Crippen molar-refractivity contribution in [3.63, 3.8) is 0 Å². The van der Waals surface area contributed by atoms with Gasteiger partial charge in [0, 0.05) is 11.3 Å². The van der Waals surface area contributed by atoms with Crippen LogP contribution in [0.2, 0.25) is 0 Å². The third-order valence-electron chi connectivity index (χ3n) is 7.47. The van der Waals surface area contributed by atoms with Crippen LogP contribution in [0.5, 0.6) is 0 Å². The summed E-state index contributed by atoms with van der Waals surface area (Å²) in [6, 6.07) is 0. The zero-order chi connectivity index (χ0) is 14.3. The summed E-state index contributed by atoms with van der Waals surface area (Å²) in [5, 5.41) is 32.2. The van der Waals surface area contributed by atoms with Crippen molar-refractivity contribution < 1.29 is 24.8 Å². The normalized spacial score (nSPS) is 71.7. The number of hydrogen-bond acceptors (Lipinski definition) is 5.